The summed E-state index contributed by atoms with van der Waals surface area (Å²) in [6, 6.07) is 14.2. The Morgan fingerprint density at radius 2 is 1.55 bits per heavy atom. The van der Waals surface area contributed by atoms with Gasteiger partial charge in [0.25, 0.3) is 0 Å². The number of halogens is 3. The van der Waals surface area contributed by atoms with Gasteiger partial charge in [-0.25, -0.2) is 0 Å². The molecule has 0 amide bonds. The third kappa shape index (κ3) is 3.78. The Morgan fingerprint density at radius 1 is 0.950 bits per heavy atom. The summed E-state index contributed by atoms with van der Waals surface area (Å²) in [6.45, 7) is 6.61. The van der Waals surface area contributed by atoms with Crippen LogP contribution in [0.25, 0.3) is 0 Å². The lowest BCUT2D eigenvalue weighted by Crippen LogP contribution is -2.10. The zero-order valence-corrected chi connectivity index (χ0v) is 14.9. The van der Waals surface area contributed by atoms with Crippen LogP contribution in [-0.4, -0.2) is 0 Å². The highest BCUT2D eigenvalue weighted by Gasteiger charge is 2.16. The molecule has 0 aliphatic heterocycles. The molecule has 106 valence electrons. The Bertz CT molecular complexity index is 577. The highest BCUT2D eigenvalue weighted by atomic mass is 79.9. The standard InChI is InChI=1S/C17H17BrCl2/c1-17(2,3)13-6-4-11(5-7-13)16(20)12-8-14(18)10-15(19)9-12/h4-10,16H,1-3H3. The third-order valence-corrected chi connectivity index (χ3v) is 4.43. The van der Waals surface area contributed by atoms with Crippen molar-refractivity contribution in [3.8, 4) is 0 Å². The number of benzene rings is 2. The molecule has 0 fully saturated rings. The Morgan fingerprint density at radius 3 is 2.05 bits per heavy atom. The van der Waals surface area contributed by atoms with E-state index in [4.69, 9.17) is 23.2 Å². The van der Waals surface area contributed by atoms with Crippen LogP contribution in [0.3, 0.4) is 0 Å². The lowest BCUT2D eigenvalue weighted by Gasteiger charge is -2.20. The predicted octanol–water partition coefficient (Wildman–Crippen LogP) is 6.73. The first-order valence-electron chi connectivity index (χ1n) is 6.48. The predicted molar refractivity (Wildman–Crippen MR) is 92.0 cm³/mol. The van der Waals surface area contributed by atoms with Crippen molar-refractivity contribution in [2.24, 2.45) is 0 Å². The van der Waals surface area contributed by atoms with Crippen LogP contribution in [0.15, 0.2) is 46.9 Å². The Labute approximate surface area is 139 Å². The van der Waals surface area contributed by atoms with Gasteiger partial charge in [0, 0.05) is 9.50 Å². The van der Waals surface area contributed by atoms with Crippen LogP contribution in [0.5, 0.6) is 0 Å². The van der Waals surface area contributed by atoms with Crippen molar-refractivity contribution in [3.05, 3.63) is 68.7 Å². The molecule has 1 atom stereocenters. The maximum atomic E-state index is 6.56. The van der Waals surface area contributed by atoms with Crippen molar-refractivity contribution in [1.82, 2.24) is 0 Å². The van der Waals surface area contributed by atoms with Gasteiger partial charge >= 0.3 is 0 Å². The maximum absolute atomic E-state index is 6.56. The Balaban J connectivity index is 2.31. The second-order valence-corrected chi connectivity index (χ2v) is 7.73. The monoisotopic (exact) mass is 370 g/mol. The lowest BCUT2D eigenvalue weighted by atomic mass is 9.86. The van der Waals surface area contributed by atoms with E-state index < -0.39 is 0 Å². The zero-order chi connectivity index (χ0) is 14.9. The van der Waals surface area contributed by atoms with E-state index in [-0.39, 0.29) is 10.8 Å². The van der Waals surface area contributed by atoms with Crippen LogP contribution >= 0.6 is 39.1 Å². The summed E-state index contributed by atoms with van der Waals surface area (Å²) in [7, 11) is 0. The van der Waals surface area contributed by atoms with Crippen molar-refractivity contribution in [3.63, 3.8) is 0 Å². The van der Waals surface area contributed by atoms with Gasteiger partial charge in [0.15, 0.2) is 0 Å². The third-order valence-electron chi connectivity index (χ3n) is 3.25. The SMILES string of the molecule is CC(C)(C)c1ccc(C(Cl)c2cc(Cl)cc(Br)c2)cc1. The summed E-state index contributed by atoms with van der Waals surface area (Å²) >= 11 is 16.1. The van der Waals surface area contributed by atoms with Gasteiger partial charge in [0.1, 0.15) is 0 Å². The minimum absolute atomic E-state index is 0.152. The summed E-state index contributed by atoms with van der Waals surface area (Å²) in [5.74, 6) is 0. The molecule has 1 unspecified atom stereocenters. The molecule has 0 saturated heterocycles. The van der Waals surface area contributed by atoms with Crippen LogP contribution < -0.4 is 0 Å². The summed E-state index contributed by atoms with van der Waals surface area (Å²) in [5.41, 5.74) is 3.53. The second-order valence-electron chi connectivity index (χ2n) is 5.94. The highest BCUT2D eigenvalue weighted by molar-refractivity contribution is 9.10. The normalized spacial score (nSPS) is 13.3. The van der Waals surface area contributed by atoms with E-state index in [0.29, 0.717) is 5.02 Å². The molecule has 0 spiro atoms. The van der Waals surface area contributed by atoms with E-state index in [1.807, 2.05) is 18.2 Å². The number of hydrogen-bond donors (Lipinski definition) is 0. The molecule has 0 saturated carbocycles. The van der Waals surface area contributed by atoms with E-state index in [2.05, 4.69) is 61.0 Å². The zero-order valence-electron chi connectivity index (χ0n) is 11.8. The van der Waals surface area contributed by atoms with Crippen LogP contribution in [0.2, 0.25) is 5.02 Å². The molecule has 2 aromatic rings. The molecule has 0 radical (unpaired) electrons. The van der Waals surface area contributed by atoms with E-state index in [0.717, 1.165) is 15.6 Å². The van der Waals surface area contributed by atoms with Gasteiger partial charge in [0.05, 0.1) is 5.38 Å². The topological polar surface area (TPSA) is 0 Å². The van der Waals surface area contributed by atoms with Crippen molar-refractivity contribution >= 4 is 39.1 Å². The molecule has 20 heavy (non-hydrogen) atoms. The summed E-state index contributed by atoms with van der Waals surface area (Å²) in [6.07, 6.45) is 0. The Kier molecular flexibility index (Phi) is 4.84. The molecule has 0 aromatic heterocycles. The average molecular weight is 372 g/mol. The first-order valence-corrected chi connectivity index (χ1v) is 8.08. The molecular formula is C17H17BrCl2. The van der Waals surface area contributed by atoms with Crippen LogP contribution in [-0.2, 0) is 5.41 Å². The van der Waals surface area contributed by atoms with E-state index in [1.54, 1.807) is 0 Å². The lowest BCUT2D eigenvalue weighted by molar-refractivity contribution is 0.590. The highest BCUT2D eigenvalue weighted by Crippen LogP contribution is 2.33. The summed E-state index contributed by atoms with van der Waals surface area (Å²) in [4.78, 5) is 0. The fourth-order valence-corrected chi connectivity index (χ4v) is 3.22. The molecule has 2 rings (SSSR count). The van der Waals surface area contributed by atoms with E-state index in [9.17, 15) is 0 Å². The number of alkyl halides is 1. The van der Waals surface area contributed by atoms with Crippen molar-refractivity contribution in [1.29, 1.82) is 0 Å². The van der Waals surface area contributed by atoms with Crippen LogP contribution in [0.1, 0.15) is 42.8 Å². The maximum Gasteiger partial charge on any atom is 0.0836 e. The first-order chi connectivity index (χ1) is 9.27. The first kappa shape index (κ1) is 15.9. The van der Waals surface area contributed by atoms with Crippen LogP contribution in [0.4, 0.5) is 0 Å². The second kappa shape index (κ2) is 6.09. The molecule has 0 nitrogen and oxygen atoms in total. The molecule has 0 aliphatic carbocycles. The quantitative estimate of drug-likeness (QED) is 0.513. The minimum Gasteiger partial charge on any atom is -0.113 e. The minimum atomic E-state index is -0.195. The van der Waals surface area contributed by atoms with Crippen molar-refractivity contribution < 1.29 is 0 Å². The van der Waals surface area contributed by atoms with Gasteiger partial charge in [-0.05, 0) is 40.3 Å². The molecule has 0 heterocycles. The van der Waals surface area contributed by atoms with Gasteiger partial charge in [-0.2, -0.15) is 0 Å². The van der Waals surface area contributed by atoms with Gasteiger partial charge < -0.3 is 0 Å². The molecular weight excluding hydrogens is 355 g/mol. The van der Waals surface area contributed by atoms with Crippen LogP contribution in [0, 0.1) is 0 Å². The fraction of sp³-hybridized carbons (Fsp3) is 0.294. The molecule has 0 bridgehead atoms. The smallest absolute Gasteiger partial charge is 0.0836 e. The summed E-state index contributed by atoms with van der Waals surface area (Å²) in [5, 5.41) is 0.491. The number of hydrogen-bond acceptors (Lipinski definition) is 0. The van der Waals surface area contributed by atoms with Crippen molar-refractivity contribution in [2.45, 2.75) is 31.6 Å². The molecule has 0 N–H and O–H groups in total. The molecule has 0 aliphatic rings. The van der Waals surface area contributed by atoms with Gasteiger partial charge in [0.2, 0.25) is 0 Å². The largest absolute Gasteiger partial charge is 0.113 e. The summed E-state index contributed by atoms with van der Waals surface area (Å²) < 4.78 is 0.942. The van der Waals surface area contributed by atoms with Gasteiger partial charge in [-0.15, -0.1) is 11.6 Å². The van der Waals surface area contributed by atoms with Gasteiger partial charge in [-0.3, -0.25) is 0 Å². The van der Waals surface area contributed by atoms with E-state index >= 15 is 0 Å². The van der Waals surface area contributed by atoms with Crippen molar-refractivity contribution in [2.75, 3.05) is 0 Å². The molecule has 3 heteroatoms. The van der Waals surface area contributed by atoms with E-state index in [1.165, 1.54) is 5.56 Å². The van der Waals surface area contributed by atoms with Gasteiger partial charge in [-0.1, -0.05) is 72.6 Å². The Hall–Kier alpha value is -0.500. The fourth-order valence-electron chi connectivity index (χ4n) is 2.07. The number of rotatable bonds is 2. The molecule has 2 aromatic carbocycles. The average Bonchev–Trinajstić information content (AvgIpc) is 2.36.